The van der Waals surface area contributed by atoms with Gasteiger partial charge in [-0.3, -0.25) is 0 Å². The van der Waals surface area contributed by atoms with Crippen molar-refractivity contribution in [3.63, 3.8) is 0 Å². The van der Waals surface area contributed by atoms with Crippen LogP contribution in [0.4, 0.5) is 0 Å². The Morgan fingerprint density at radius 2 is 2.27 bits per heavy atom. The molecule has 3 heteroatoms. The van der Waals surface area contributed by atoms with E-state index in [1.165, 1.54) is 0 Å². The molecule has 0 bridgehead atoms. The van der Waals surface area contributed by atoms with Crippen LogP contribution in [0.15, 0.2) is 11.3 Å². The van der Waals surface area contributed by atoms with Crippen LogP contribution < -0.4 is 0 Å². The van der Waals surface area contributed by atoms with Crippen molar-refractivity contribution in [1.29, 1.82) is 0 Å². The maximum absolute atomic E-state index is 11.7. The summed E-state index contributed by atoms with van der Waals surface area (Å²) < 4.78 is 10.5. The third-order valence-electron chi connectivity index (χ3n) is 2.46. The average molecular weight is 212 g/mol. The van der Waals surface area contributed by atoms with Crippen LogP contribution in [-0.4, -0.2) is 19.2 Å². The summed E-state index contributed by atoms with van der Waals surface area (Å²) in [5, 5.41) is 0. The van der Waals surface area contributed by atoms with Crippen molar-refractivity contribution in [1.82, 2.24) is 0 Å². The van der Waals surface area contributed by atoms with E-state index in [0.717, 1.165) is 50.0 Å². The molecule has 1 aliphatic rings. The van der Waals surface area contributed by atoms with Gasteiger partial charge in [0.05, 0.1) is 18.8 Å². The number of esters is 1. The monoisotopic (exact) mass is 212 g/mol. The lowest BCUT2D eigenvalue weighted by Crippen LogP contribution is -2.10. The Hall–Kier alpha value is -0.990. The van der Waals surface area contributed by atoms with Gasteiger partial charge in [-0.1, -0.05) is 13.3 Å². The van der Waals surface area contributed by atoms with Gasteiger partial charge in [0.15, 0.2) is 0 Å². The second-order valence-corrected chi connectivity index (χ2v) is 3.68. The van der Waals surface area contributed by atoms with Gasteiger partial charge >= 0.3 is 5.97 Å². The smallest absolute Gasteiger partial charge is 0.337 e. The van der Waals surface area contributed by atoms with E-state index in [-0.39, 0.29) is 5.97 Å². The fourth-order valence-corrected chi connectivity index (χ4v) is 1.67. The largest absolute Gasteiger partial charge is 0.497 e. The summed E-state index contributed by atoms with van der Waals surface area (Å²) >= 11 is 0. The van der Waals surface area contributed by atoms with E-state index in [1.54, 1.807) is 0 Å². The van der Waals surface area contributed by atoms with Gasteiger partial charge in [0.2, 0.25) is 0 Å². The molecule has 1 saturated heterocycles. The topological polar surface area (TPSA) is 35.5 Å². The lowest BCUT2D eigenvalue weighted by atomic mass is 10.1. The van der Waals surface area contributed by atoms with E-state index in [1.807, 2.05) is 6.92 Å². The lowest BCUT2D eigenvalue weighted by Gasteiger charge is -2.09. The zero-order chi connectivity index (χ0) is 11.1. The van der Waals surface area contributed by atoms with Gasteiger partial charge in [-0.25, -0.2) is 4.79 Å². The van der Waals surface area contributed by atoms with Gasteiger partial charge in [0.1, 0.15) is 5.76 Å². The van der Waals surface area contributed by atoms with Gasteiger partial charge in [-0.2, -0.15) is 0 Å². The number of ether oxygens (including phenoxy) is 2. The summed E-state index contributed by atoms with van der Waals surface area (Å²) in [6, 6.07) is 0. The molecule has 3 nitrogen and oxygen atoms in total. The highest BCUT2D eigenvalue weighted by molar-refractivity contribution is 5.89. The Kier molecular flexibility index (Phi) is 5.22. The molecule has 0 spiro atoms. The molecule has 1 heterocycles. The van der Waals surface area contributed by atoms with E-state index in [4.69, 9.17) is 9.47 Å². The molecule has 0 aromatic rings. The predicted molar refractivity (Wildman–Crippen MR) is 58.4 cm³/mol. The number of carbonyl (C=O) groups is 1. The predicted octanol–water partition coefficient (Wildman–Crippen LogP) is 2.80. The zero-order valence-corrected chi connectivity index (χ0v) is 9.67. The third-order valence-corrected chi connectivity index (χ3v) is 2.46. The zero-order valence-electron chi connectivity index (χ0n) is 9.67. The van der Waals surface area contributed by atoms with Crippen LogP contribution in [0.1, 0.15) is 46.0 Å². The quantitative estimate of drug-likeness (QED) is 0.519. The van der Waals surface area contributed by atoms with Crippen LogP contribution >= 0.6 is 0 Å². The minimum Gasteiger partial charge on any atom is -0.497 e. The van der Waals surface area contributed by atoms with Gasteiger partial charge < -0.3 is 9.47 Å². The number of hydrogen-bond donors (Lipinski definition) is 0. The van der Waals surface area contributed by atoms with Gasteiger partial charge in [-0.05, 0) is 26.2 Å². The Balaban J connectivity index is 2.67. The SMILES string of the molecule is CCCC/C(C(=O)OCC)=C1\CCCO1. The molecule has 15 heavy (non-hydrogen) atoms. The molecule has 1 rings (SSSR count). The Morgan fingerprint density at radius 3 is 2.80 bits per heavy atom. The maximum Gasteiger partial charge on any atom is 0.337 e. The number of allylic oxidation sites excluding steroid dienone is 1. The third kappa shape index (κ3) is 3.57. The number of rotatable bonds is 5. The van der Waals surface area contributed by atoms with Gasteiger partial charge in [0, 0.05) is 6.42 Å². The van der Waals surface area contributed by atoms with Crippen molar-refractivity contribution in [2.75, 3.05) is 13.2 Å². The van der Waals surface area contributed by atoms with Gasteiger partial charge in [0.25, 0.3) is 0 Å². The van der Waals surface area contributed by atoms with Crippen molar-refractivity contribution < 1.29 is 14.3 Å². The molecular formula is C12H20O3. The van der Waals surface area contributed by atoms with Crippen molar-refractivity contribution >= 4 is 5.97 Å². The summed E-state index contributed by atoms with van der Waals surface area (Å²) in [5.74, 6) is 0.671. The van der Waals surface area contributed by atoms with Crippen LogP contribution in [0.2, 0.25) is 0 Å². The van der Waals surface area contributed by atoms with E-state index >= 15 is 0 Å². The summed E-state index contributed by atoms with van der Waals surface area (Å²) in [6.45, 7) is 5.12. The summed E-state index contributed by atoms with van der Waals surface area (Å²) in [5.41, 5.74) is 0.760. The molecule has 1 aliphatic heterocycles. The summed E-state index contributed by atoms with van der Waals surface area (Å²) in [6.07, 6.45) is 4.78. The van der Waals surface area contributed by atoms with Crippen LogP contribution in [0.25, 0.3) is 0 Å². The number of hydrogen-bond acceptors (Lipinski definition) is 3. The summed E-state index contributed by atoms with van der Waals surface area (Å²) in [4.78, 5) is 11.7. The fraction of sp³-hybridized carbons (Fsp3) is 0.750. The van der Waals surface area contributed by atoms with Crippen LogP contribution in [0.3, 0.4) is 0 Å². The molecule has 1 fully saturated rings. The molecular weight excluding hydrogens is 192 g/mol. The number of unbranched alkanes of at least 4 members (excludes halogenated alkanes) is 1. The molecule has 0 aromatic heterocycles. The molecule has 0 amide bonds. The van der Waals surface area contributed by atoms with Crippen LogP contribution in [-0.2, 0) is 14.3 Å². The molecule has 86 valence electrons. The highest BCUT2D eigenvalue weighted by Gasteiger charge is 2.20. The van der Waals surface area contributed by atoms with E-state index in [0.29, 0.717) is 6.61 Å². The fourth-order valence-electron chi connectivity index (χ4n) is 1.67. The second-order valence-electron chi connectivity index (χ2n) is 3.68. The van der Waals surface area contributed by atoms with Crippen molar-refractivity contribution in [2.24, 2.45) is 0 Å². The number of carbonyl (C=O) groups excluding carboxylic acids is 1. The summed E-state index contributed by atoms with van der Waals surface area (Å²) in [7, 11) is 0. The first kappa shape index (κ1) is 12.1. The maximum atomic E-state index is 11.7. The van der Waals surface area contributed by atoms with E-state index in [2.05, 4.69) is 6.92 Å². The molecule has 0 radical (unpaired) electrons. The molecule has 0 saturated carbocycles. The highest BCUT2D eigenvalue weighted by atomic mass is 16.5. The lowest BCUT2D eigenvalue weighted by molar-refractivity contribution is -0.139. The van der Waals surface area contributed by atoms with E-state index < -0.39 is 0 Å². The van der Waals surface area contributed by atoms with Crippen molar-refractivity contribution in [3.8, 4) is 0 Å². The van der Waals surface area contributed by atoms with Crippen molar-refractivity contribution in [2.45, 2.75) is 46.0 Å². The van der Waals surface area contributed by atoms with Gasteiger partial charge in [-0.15, -0.1) is 0 Å². The average Bonchev–Trinajstić information content (AvgIpc) is 2.72. The van der Waals surface area contributed by atoms with Crippen LogP contribution in [0.5, 0.6) is 0 Å². The van der Waals surface area contributed by atoms with E-state index in [9.17, 15) is 4.79 Å². The molecule has 0 atom stereocenters. The molecule has 0 unspecified atom stereocenters. The first-order valence-electron chi connectivity index (χ1n) is 5.81. The first-order valence-corrected chi connectivity index (χ1v) is 5.81. The normalized spacial score (nSPS) is 18.5. The molecule has 0 aromatic carbocycles. The standard InChI is InChI=1S/C12H20O3/c1-3-5-7-10(12(13)14-4-2)11-8-6-9-15-11/h3-9H2,1-2H3/b11-10-. The Bertz CT molecular complexity index is 235. The highest BCUT2D eigenvalue weighted by Crippen LogP contribution is 2.24. The minimum atomic E-state index is -0.192. The van der Waals surface area contributed by atoms with Crippen LogP contribution in [0, 0.1) is 0 Å². The Morgan fingerprint density at radius 1 is 1.47 bits per heavy atom. The Labute approximate surface area is 91.4 Å². The molecule has 0 aliphatic carbocycles. The van der Waals surface area contributed by atoms with Crippen molar-refractivity contribution in [3.05, 3.63) is 11.3 Å². The second kappa shape index (κ2) is 6.49. The minimum absolute atomic E-state index is 0.192. The molecule has 0 N–H and O–H groups in total. The first-order chi connectivity index (χ1) is 7.29.